The van der Waals surface area contributed by atoms with Crippen LogP contribution in [0.2, 0.25) is 0 Å². The number of hydrogen-bond acceptors (Lipinski definition) is 8. The second kappa shape index (κ2) is 7.35. The molecule has 0 saturated carbocycles. The van der Waals surface area contributed by atoms with Gasteiger partial charge in [0.2, 0.25) is 0 Å². The first-order valence-electron chi connectivity index (χ1n) is 8.05. The van der Waals surface area contributed by atoms with Crippen molar-refractivity contribution in [1.29, 1.82) is 0 Å². The molecule has 8 heteroatoms. The Morgan fingerprint density at radius 3 is 1.67 bits per heavy atom. The van der Waals surface area contributed by atoms with Gasteiger partial charge in [-0.3, -0.25) is 9.59 Å². The summed E-state index contributed by atoms with van der Waals surface area (Å²) in [5.74, 6) is -2.61. The van der Waals surface area contributed by atoms with Crippen molar-refractivity contribution in [3.05, 3.63) is 0 Å². The molecule has 0 N–H and O–H groups in total. The number of carbonyl (C=O) groups excluding carboxylic acids is 2. The van der Waals surface area contributed by atoms with E-state index in [2.05, 4.69) is 0 Å². The molecule has 2 aliphatic rings. The smallest absolute Gasteiger partial charge is 0.305 e. The molecule has 2 fully saturated rings. The quantitative estimate of drug-likeness (QED) is 0.682. The van der Waals surface area contributed by atoms with Gasteiger partial charge < -0.3 is 28.4 Å². The topological polar surface area (TPSA) is 89.5 Å². The molecule has 0 unspecified atom stereocenters. The second-order valence-electron chi connectivity index (χ2n) is 6.72. The molecule has 8 nitrogen and oxygen atoms in total. The Morgan fingerprint density at radius 2 is 1.29 bits per heavy atom. The number of carbonyl (C=O) groups is 2. The van der Waals surface area contributed by atoms with Gasteiger partial charge in [0.1, 0.15) is 13.2 Å². The van der Waals surface area contributed by atoms with Gasteiger partial charge in [0.25, 0.3) is 0 Å². The molecule has 0 aromatic carbocycles. The maximum atomic E-state index is 11.3. The van der Waals surface area contributed by atoms with Crippen molar-refractivity contribution in [3.8, 4) is 0 Å². The summed E-state index contributed by atoms with van der Waals surface area (Å²) < 4.78 is 33.1. The Labute approximate surface area is 141 Å². The highest BCUT2D eigenvalue weighted by Gasteiger charge is 2.49. The maximum absolute atomic E-state index is 11.3. The average molecular weight is 346 g/mol. The minimum Gasteiger partial charge on any atom is -0.460 e. The Hall–Kier alpha value is -1.22. The number of esters is 2. The summed E-state index contributed by atoms with van der Waals surface area (Å²) in [6.45, 7) is 8.03. The largest absolute Gasteiger partial charge is 0.460 e. The van der Waals surface area contributed by atoms with Crippen LogP contribution >= 0.6 is 0 Å². The van der Waals surface area contributed by atoms with Crippen molar-refractivity contribution in [2.75, 3.05) is 39.6 Å². The molecule has 1 spiro atoms. The lowest BCUT2D eigenvalue weighted by atomic mass is 9.89. The van der Waals surface area contributed by atoms with Crippen LogP contribution in [-0.2, 0) is 38.0 Å². The lowest BCUT2D eigenvalue weighted by molar-refractivity contribution is -0.368. The third kappa shape index (κ3) is 4.89. The second-order valence-corrected chi connectivity index (χ2v) is 6.72. The molecule has 0 bridgehead atoms. The molecule has 0 radical (unpaired) electrons. The summed E-state index contributed by atoms with van der Waals surface area (Å²) in [5, 5.41) is 0. The van der Waals surface area contributed by atoms with Crippen molar-refractivity contribution < 1.29 is 38.0 Å². The highest BCUT2D eigenvalue weighted by atomic mass is 16.7. The molecule has 138 valence electrons. The van der Waals surface area contributed by atoms with Crippen molar-refractivity contribution in [2.45, 2.75) is 45.7 Å². The molecule has 2 aliphatic heterocycles. The highest BCUT2D eigenvalue weighted by molar-refractivity contribution is 5.68. The number of ether oxygens (including phenoxy) is 6. The first-order chi connectivity index (χ1) is 11.2. The third-order valence-electron chi connectivity index (χ3n) is 4.06. The molecule has 0 atom stereocenters. The zero-order valence-electron chi connectivity index (χ0n) is 14.7. The Bertz CT molecular complexity index is 457. The van der Waals surface area contributed by atoms with Gasteiger partial charge in [-0.05, 0) is 13.8 Å². The predicted octanol–water partition coefficient (Wildman–Crippen LogP) is 1.02. The van der Waals surface area contributed by atoms with E-state index in [-0.39, 0.29) is 25.2 Å². The standard InChI is InChI=1S/C16H26O8/c1-5-13(18)20-7-15(4)23-10-16(11-24-15)8-21-14(3,22-9-16)6-19-12(2)17/h5-11H2,1-4H3. The Balaban J connectivity index is 1.82. The van der Waals surface area contributed by atoms with Crippen LogP contribution in [0.3, 0.4) is 0 Å². The zero-order chi connectivity index (χ0) is 17.8. The van der Waals surface area contributed by atoms with Crippen LogP contribution in [0, 0.1) is 5.41 Å². The molecule has 0 aromatic heterocycles. The summed E-state index contributed by atoms with van der Waals surface area (Å²) in [4.78, 5) is 22.2. The van der Waals surface area contributed by atoms with Gasteiger partial charge in [-0.15, -0.1) is 0 Å². The predicted molar refractivity (Wildman–Crippen MR) is 80.9 cm³/mol. The summed E-state index contributed by atoms with van der Waals surface area (Å²) in [7, 11) is 0. The van der Waals surface area contributed by atoms with Crippen LogP contribution in [-0.4, -0.2) is 63.2 Å². The fourth-order valence-corrected chi connectivity index (χ4v) is 2.27. The van der Waals surface area contributed by atoms with Gasteiger partial charge in [-0.1, -0.05) is 6.92 Å². The van der Waals surface area contributed by atoms with Gasteiger partial charge in [0.15, 0.2) is 11.6 Å². The minimum atomic E-state index is -0.964. The maximum Gasteiger partial charge on any atom is 0.305 e. The fourth-order valence-electron chi connectivity index (χ4n) is 2.27. The first kappa shape index (κ1) is 19.1. The van der Waals surface area contributed by atoms with Crippen LogP contribution in [0.15, 0.2) is 0 Å². The summed E-state index contributed by atoms with van der Waals surface area (Å²) in [5.41, 5.74) is -0.427. The van der Waals surface area contributed by atoms with Gasteiger partial charge in [0.05, 0.1) is 31.8 Å². The molecule has 0 amide bonds. The van der Waals surface area contributed by atoms with E-state index in [0.29, 0.717) is 32.8 Å². The average Bonchev–Trinajstić information content (AvgIpc) is 2.57. The fraction of sp³-hybridized carbons (Fsp3) is 0.875. The van der Waals surface area contributed by atoms with E-state index in [1.807, 2.05) is 0 Å². The van der Waals surface area contributed by atoms with Crippen LogP contribution in [0.25, 0.3) is 0 Å². The van der Waals surface area contributed by atoms with Crippen LogP contribution in [0.5, 0.6) is 0 Å². The number of hydrogen-bond donors (Lipinski definition) is 0. The zero-order valence-corrected chi connectivity index (χ0v) is 14.7. The first-order valence-corrected chi connectivity index (χ1v) is 8.05. The minimum absolute atomic E-state index is 0.0326. The summed E-state index contributed by atoms with van der Waals surface area (Å²) >= 11 is 0. The number of rotatable bonds is 5. The van der Waals surface area contributed by atoms with E-state index in [9.17, 15) is 9.59 Å². The van der Waals surface area contributed by atoms with Crippen LogP contribution in [0.1, 0.15) is 34.1 Å². The van der Waals surface area contributed by atoms with Crippen molar-refractivity contribution in [1.82, 2.24) is 0 Å². The summed E-state index contributed by atoms with van der Waals surface area (Å²) in [6.07, 6.45) is 0.308. The highest BCUT2D eigenvalue weighted by Crippen LogP contribution is 2.36. The molecule has 2 saturated heterocycles. The van der Waals surface area contributed by atoms with E-state index >= 15 is 0 Å². The summed E-state index contributed by atoms with van der Waals surface area (Å²) in [6, 6.07) is 0. The lowest BCUT2D eigenvalue weighted by Crippen LogP contribution is -2.59. The van der Waals surface area contributed by atoms with E-state index in [1.165, 1.54) is 6.92 Å². The van der Waals surface area contributed by atoms with Gasteiger partial charge in [-0.2, -0.15) is 0 Å². The molecular formula is C16H26O8. The van der Waals surface area contributed by atoms with E-state index < -0.39 is 17.0 Å². The van der Waals surface area contributed by atoms with Crippen molar-refractivity contribution in [3.63, 3.8) is 0 Å². The van der Waals surface area contributed by atoms with Crippen LogP contribution in [0.4, 0.5) is 0 Å². The SMILES string of the molecule is CCC(=O)OCC1(C)OCC2(COC(C)(COC(C)=O)OC2)CO1. The Morgan fingerprint density at radius 1 is 0.875 bits per heavy atom. The molecule has 2 rings (SSSR count). The third-order valence-corrected chi connectivity index (χ3v) is 4.06. The molecule has 2 heterocycles. The normalized spacial score (nSPS) is 36.3. The molecule has 24 heavy (non-hydrogen) atoms. The molecule has 0 aromatic rings. The molecule has 0 aliphatic carbocycles. The van der Waals surface area contributed by atoms with Crippen molar-refractivity contribution >= 4 is 11.9 Å². The van der Waals surface area contributed by atoms with E-state index in [0.717, 1.165) is 0 Å². The van der Waals surface area contributed by atoms with Gasteiger partial charge >= 0.3 is 11.9 Å². The lowest BCUT2D eigenvalue weighted by Gasteiger charge is -2.49. The van der Waals surface area contributed by atoms with E-state index in [1.54, 1.807) is 20.8 Å². The Kier molecular flexibility index (Phi) is 5.85. The van der Waals surface area contributed by atoms with Gasteiger partial charge in [0, 0.05) is 13.3 Å². The molecular weight excluding hydrogens is 320 g/mol. The van der Waals surface area contributed by atoms with Gasteiger partial charge in [-0.25, -0.2) is 0 Å². The van der Waals surface area contributed by atoms with E-state index in [4.69, 9.17) is 28.4 Å². The van der Waals surface area contributed by atoms with Crippen molar-refractivity contribution in [2.24, 2.45) is 5.41 Å². The monoisotopic (exact) mass is 346 g/mol. The van der Waals surface area contributed by atoms with Crippen LogP contribution < -0.4 is 0 Å².